The van der Waals surface area contributed by atoms with E-state index in [0.717, 1.165) is 23.3 Å². The Morgan fingerprint density at radius 1 is 0.905 bits per heavy atom. The summed E-state index contributed by atoms with van der Waals surface area (Å²) in [5.74, 6) is -0.256. The van der Waals surface area contributed by atoms with Gasteiger partial charge in [-0.25, -0.2) is 0 Å². The molecule has 0 aromatic heterocycles. The third-order valence-electron chi connectivity index (χ3n) is 3.28. The van der Waals surface area contributed by atoms with Gasteiger partial charge in [0, 0.05) is 11.1 Å². The van der Waals surface area contributed by atoms with Crippen LogP contribution in [0.1, 0.15) is 38.2 Å². The maximum absolute atomic E-state index is 12.6. The van der Waals surface area contributed by atoms with Crippen LogP contribution in [0.25, 0.3) is 0 Å². The summed E-state index contributed by atoms with van der Waals surface area (Å²) in [4.78, 5) is 12.5. The second-order valence-electron chi connectivity index (χ2n) is 5.23. The smallest absolute Gasteiger partial charge is 0.289 e. The summed E-state index contributed by atoms with van der Waals surface area (Å²) < 4.78 is 37.9. The van der Waals surface area contributed by atoms with Crippen molar-refractivity contribution in [3.05, 3.63) is 69.8 Å². The molecule has 0 heterocycles. The zero-order valence-electron chi connectivity index (χ0n) is 12.0. The summed E-state index contributed by atoms with van der Waals surface area (Å²) in [7, 11) is 0. The standard InChI is InChI=1S/C17H15F3O/c1-10-6-11(2)8-13(7-10)16(21)15-5-4-14(9-12(15)3)17(18,19)20/h4-9H,1-3H3. The molecule has 2 aromatic carbocycles. The number of carbonyl (C=O) groups excluding carboxylic acids is 1. The zero-order chi connectivity index (χ0) is 15.8. The van der Waals surface area contributed by atoms with Gasteiger partial charge >= 0.3 is 6.18 Å². The molecule has 110 valence electrons. The predicted molar refractivity (Wildman–Crippen MR) is 75.5 cm³/mol. The van der Waals surface area contributed by atoms with Gasteiger partial charge in [0.2, 0.25) is 0 Å². The second kappa shape index (κ2) is 5.35. The maximum atomic E-state index is 12.6. The van der Waals surface area contributed by atoms with E-state index in [1.165, 1.54) is 13.0 Å². The molecule has 1 nitrogen and oxygen atoms in total. The second-order valence-corrected chi connectivity index (χ2v) is 5.23. The van der Waals surface area contributed by atoms with Crippen LogP contribution in [-0.4, -0.2) is 5.78 Å². The van der Waals surface area contributed by atoms with E-state index in [1.807, 2.05) is 19.9 Å². The third kappa shape index (κ3) is 3.32. The lowest BCUT2D eigenvalue weighted by Crippen LogP contribution is -2.09. The van der Waals surface area contributed by atoms with E-state index < -0.39 is 11.7 Å². The van der Waals surface area contributed by atoms with E-state index >= 15 is 0 Å². The molecule has 2 aromatic rings. The molecular weight excluding hydrogens is 277 g/mol. The van der Waals surface area contributed by atoms with Crippen LogP contribution >= 0.6 is 0 Å². The Kier molecular flexibility index (Phi) is 3.90. The minimum atomic E-state index is -4.40. The van der Waals surface area contributed by atoms with Crippen molar-refractivity contribution in [2.75, 3.05) is 0 Å². The van der Waals surface area contributed by atoms with Crippen molar-refractivity contribution in [2.24, 2.45) is 0 Å². The van der Waals surface area contributed by atoms with Crippen LogP contribution < -0.4 is 0 Å². The molecule has 0 spiro atoms. The molecule has 4 heteroatoms. The van der Waals surface area contributed by atoms with E-state index in [4.69, 9.17) is 0 Å². The highest BCUT2D eigenvalue weighted by atomic mass is 19.4. The zero-order valence-corrected chi connectivity index (χ0v) is 12.0. The number of benzene rings is 2. The summed E-state index contributed by atoms with van der Waals surface area (Å²) in [5, 5.41) is 0. The summed E-state index contributed by atoms with van der Waals surface area (Å²) in [6.45, 7) is 5.28. The molecule has 0 fully saturated rings. The number of aryl methyl sites for hydroxylation is 3. The van der Waals surface area contributed by atoms with Gasteiger partial charge in [0.1, 0.15) is 0 Å². The van der Waals surface area contributed by atoms with E-state index in [0.29, 0.717) is 16.7 Å². The van der Waals surface area contributed by atoms with Crippen LogP contribution in [0.4, 0.5) is 13.2 Å². The fourth-order valence-corrected chi connectivity index (χ4v) is 2.36. The van der Waals surface area contributed by atoms with Crippen LogP contribution in [0.15, 0.2) is 36.4 Å². The molecule has 0 bridgehead atoms. The van der Waals surface area contributed by atoms with Gasteiger partial charge in [0.25, 0.3) is 0 Å². The quantitative estimate of drug-likeness (QED) is 0.722. The predicted octanol–water partition coefficient (Wildman–Crippen LogP) is 4.86. The molecule has 0 N–H and O–H groups in total. The highest BCUT2D eigenvalue weighted by molar-refractivity contribution is 6.10. The highest BCUT2D eigenvalue weighted by Crippen LogP contribution is 2.31. The van der Waals surface area contributed by atoms with E-state index in [2.05, 4.69) is 0 Å². The average molecular weight is 292 g/mol. The first-order valence-electron chi connectivity index (χ1n) is 6.49. The molecule has 0 saturated heterocycles. The van der Waals surface area contributed by atoms with Gasteiger partial charge in [-0.1, -0.05) is 23.3 Å². The minimum absolute atomic E-state index is 0.256. The Labute approximate surface area is 121 Å². The van der Waals surface area contributed by atoms with E-state index in [1.54, 1.807) is 12.1 Å². The molecule has 0 amide bonds. The van der Waals surface area contributed by atoms with Crippen molar-refractivity contribution < 1.29 is 18.0 Å². The molecule has 0 unspecified atom stereocenters. The molecule has 2 rings (SSSR count). The van der Waals surface area contributed by atoms with Crippen molar-refractivity contribution in [3.63, 3.8) is 0 Å². The lowest BCUT2D eigenvalue weighted by molar-refractivity contribution is -0.137. The van der Waals surface area contributed by atoms with Crippen LogP contribution in [0.3, 0.4) is 0 Å². The Hall–Kier alpha value is -2.10. The Morgan fingerprint density at radius 3 is 1.95 bits per heavy atom. The fourth-order valence-electron chi connectivity index (χ4n) is 2.36. The molecule has 0 aliphatic heterocycles. The van der Waals surface area contributed by atoms with Crippen LogP contribution in [-0.2, 0) is 6.18 Å². The van der Waals surface area contributed by atoms with Crippen molar-refractivity contribution >= 4 is 5.78 Å². The van der Waals surface area contributed by atoms with Gasteiger partial charge < -0.3 is 0 Å². The maximum Gasteiger partial charge on any atom is 0.416 e. The largest absolute Gasteiger partial charge is 0.416 e. The van der Waals surface area contributed by atoms with Gasteiger partial charge in [0.15, 0.2) is 5.78 Å². The molecule has 0 radical (unpaired) electrons. The number of hydrogen-bond acceptors (Lipinski definition) is 1. The summed E-state index contributed by atoms with van der Waals surface area (Å²) in [6, 6.07) is 8.63. The third-order valence-corrected chi connectivity index (χ3v) is 3.28. The molecule has 21 heavy (non-hydrogen) atoms. The van der Waals surface area contributed by atoms with E-state index in [-0.39, 0.29) is 5.78 Å². The van der Waals surface area contributed by atoms with Crippen LogP contribution in [0, 0.1) is 20.8 Å². The first-order valence-corrected chi connectivity index (χ1v) is 6.49. The van der Waals surface area contributed by atoms with Gasteiger partial charge in [-0.15, -0.1) is 0 Å². The van der Waals surface area contributed by atoms with Gasteiger partial charge in [-0.3, -0.25) is 4.79 Å². The number of ketones is 1. The number of rotatable bonds is 2. The first kappa shape index (κ1) is 15.3. The summed E-state index contributed by atoms with van der Waals surface area (Å²) >= 11 is 0. The number of alkyl halides is 3. The number of hydrogen-bond donors (Lipinski definition) is 0. The minimum Gasteiger partial charge on any atom is -0.289 e. The molecule has 0 aliphatic rings. The normalized spacial score (nSPS) is 11.5. The van der Waals surface area contributed by atoms with Crippen molar-refractivity contribution in [1.82, 2.24) is 0 Å². The summed E-state index contributed by atoms with van der Waals surface area (Å²) in [6.07, 6.45) is -4.40. The topological polar surface area (TPSA) is 17.1 Å². The lowest BCUT2D eigenvalue weighted by Gasteiger charge is -2.11. The Morgan fingerprint density at radius 2 is 1.48 bits per heavy atom. The molecule has 0 aliphatic carbocycles. The molecular formula is C17H15F3O. The number of halogens is 3. The Balaban J connectivity index is 2.44. The van der Waals surface area contributed by atoms with E-state index in [9.17, 15) is 18.0 Å². The average Bonchev–Trinajstić information content (AvgIpc) is 2.35. The first-order chi connectivity index (χ1) is 9.68. The Bertz CT molecular complexity index is 679. The molecule has 0 saturated carbocycles. The van der Waals surface area contributed by atoms with Crippen molar-refractivity contribution in [3.8, 4) is 0 Å². The van der Waals surface area contributed by atoms with Gasteiger partial charge in [-0.05, 0) is 50.6 Å². The van der Waals surface area contributed by atoms with Crippen molar-refractivity contribution in [1.29, 1.82) is 0 Å². The molecule has 0 atom stereocenters. The lowest BCUT2D eigenvalue weighted by atomic mass is 9.95. The van der Waals surface area contributed by atoms with Crippen LogP contribution in [0.5, 0.6) is 0 Å². The highest BCUT2D eigenvalue weighted by Gasteiger charge is 2.31. The van der Waals surface area contributed by atoms with Crippen molar-refractivity contribution in [2.45, 2.75) is 26.9 Å². The SMILES string of the molecule is Cc1cc(C)cc(C(=O)c2ccc(C(F)(F)F)cc2C)c1. The van der Waals surface area contributed by atoms with Gasteiger partial charge in [0.05, 0.1) is 5.56 Å². The fraction of sp³-hybridized carbons (Fsp3) is 0.235. The van der Waals surface area contributed by atoms with Crippen LogP contribution in [0.2, 0.25) is 0 Å². The van der Waals surface area contributed by atoms with Gasteiger partial charge in [-0.2, -0.15) is 13.2 Å². The monoisotopic (exact) mass is 292 g/mol. The number of carbonyl (C=O) groups is 1. The summed E-state index contributed by atoms with van der Waals surface area (Å²) in [5.41, 5.74) is 2.28.